The summed E-state index contributed by atoms with van der Waals surface area (Å²) < 4.78 is 5.91. The molecule has 0 spiro atoms. The molecule has 0 heterocycles. The molecular formula is C18H28O2. The Morgan fingerprint density at radius 3 is 2.35 bits per heavy atom. The summed E-state index contributed by atoms with van der Waals surface area (Å²) in [5.74, 6) is 0. The van der Waals surface area contributed by atoms with E-state index >= 15 is 0 Å². The first kappa shape index (κ1) is 15.5. The first-order chi connectivity index (χ1) is 9.79. The average molecular weight is 276 g/mol. The van der Waals surface area contributed by atoms with Gasteiger partial charge in [-0.2, -0.15) is 0 Å². The minimum Gasteiger partial charge on any atom is -0.386 e. The molecular weight excluding hydrogens is 248 g/mol. The summed E-state index contributed by atoms with van der Waals surface area (Å²) in [5, 5.41) is 10.2. The summed E-state index contributed by atoms with van der Waals surface area (Å²) in [6, 6.07) is 8.31. The van der Waals surface area contributed by atoms with Crippen molar-refractivity contribution in [3.63, 3.8) is 0 Å². The summed E-state index contributed by atoms with van der Waals surface area (Å²) in [6.45, 7) is 2.61. The monoisotopic (exact) mass is 276 g/mol. The van der Waals surface area contributed by atoms with Crippen LogP contribution in [0.5, 0.6) is 0 Å². The molecule has 0 amide bonds. The Kier molecular flexibility index (Phi) is 6.55. The molecule has 2 rings (SSSR count). The van der Waals surface area contributed by atoms with E-state index < -0.39 is 6.10 Å². The zero-order valence-electron chi connectivity index (χ0n) is 12.7. The first-order valence-corrected chi connectivity index (χ1v) is 8.18. The highest BCUT2D eigenvalue weighted by Crippen LogP contribution is 2.22. The lowest BCUT2D eigenvalue weighted by atomic mass is 10.0. The van der Waals surface area contributed by atoms with Crippen LogP contribution in [-0.2, 0) is 11.2 Å². The van der Waals surface area contributed by atoms with Gasteiger partial charge in [-0.05, 0) is 30.4 Å². The second-order valence-electron chi connectivity index (χ2n) is 5.95. The van der Waals surface area contributed by atoms with Crippen molar-refractivity contribution >= 4 is 0 Å². The summed E-state index contributed by atoms with van der Waals surface area (Å²) in [5.41, 5.74) is 2.31. The van der Waals surface area contributed by atoms with E-state index in [1.807, 2.05) is 12.1 Å². The highest BCUT2D eigenvalue weighted by Gasteiger charge is 2.15. The Morgan fingerprint density at radius 1 is 1.10 bits per heavy atom. The summed E-state index contributed by atoms with van der Waals surface area (Å²) >= 11 is 0. The van der Waals surface area contributed by atoms with Gasteiger partial charge in [0, 0.05) is 0 Å². The van der Waals surface area contributed by atoms with Crippen LogP contribution in [0.15, 0.2) is 24.3 Å². The fourth-order valence-corrected chi connectivity index (χ4v) is 2.93. The Bertz CT molecular complexity index is 364. The lowest BCUT2D eigenvalue weighted by molar-refractivity contribution is -0.0159. The van der Waals surface area contributed by atoms with Crippen molar-refractivity contribution in [3.05, 3.63) is 35.4 Å². The maximum Gasteiger partial charge on any atom is 0.102 e. The Hall–Kier alpha value is -0.860. The van der Waals surface area contributed by atoms with Crippen LogP contribution in [-0.4, -0.2) is 17.8 Å². The van der Waals surface area contributed by atoms with E-state index in [1.165, 1.54) is 31.2 Å². The third kappa shape index (κ3) is 4.92. The van der Waals surface area contributed by atoms with Gasteiger partial charge in [-0.15, -0.1) is 0 Å². The molecule has 1 fully saturated rings. The van der Waals surface area contributed by atoms with Crippen LogP contribution in [0.2, 0.25) is 0 Å². The average Bonchev–Trinajstić information content (AvgIpc) is 2.74. The van der Waals surface area contributed by atoms with Crippen LogP contribution in [0.1, 0.15) is 69.1 Å². The van der Waals surface area contributed by atoms with Gasteiger partial charge in [-0.25, -0.2) is 0 Å². The van der Waals surface area contributed by atoms with Crippen LogP contribution >= 0.6 is 0 Å². The van der Waals surface area contributed by atoms with Crippen molar-refractivity contribution in [2.45, 2.75) is 70.5 Å². The number of aliphatic hydroxyl groups is 1. The molecule has 1 unspecified atom stereocenters. The number of aryl methyl sites for hydroxylation is 1. The number of ether oxygens (including phenoxy) is 1. The highest BCUT2D eigenvalue weighted by atomic mass is 16.5. The van der Waals surface area contributed by atoms with Gasteiger partial charge in [0.15, 0.2) is 0 Å². The third-order valence-electron chi connectivity index (χ3n) is 4.20. The van der Waals surface area contributed by atoms with Gasteiger partial charge in [0.05, 0.1) is 12.7 Å². The third-order valence-corrected chi connectivity index (χ3v) is 4.20. The lowest BCUT2D eigenvalue weighted by Crippen LogP contribution is -2.16. The minimum atomic E-state index is -0.492. The number of hydrogen-bond donors (Lipinski definition) is 1. The molecule has 20 heavy (non-hydrogen) atoms. The Balaban J connectivity index is 1.79. The van der Waals surface area contributed by atoms with E-state index in [2.05, 4.69) is 19.1 Å². The topological polar surface area (TPSA) is 29.5 Å². The minimum absolute atomic E-state index is 0.353. The van der Waals surface area contributed by atoms with E-state index in [4.69, 9.17) is 4.74 Å². The lowest BCUT2D eigenvalue weighted by Gasteiger charge is -2.18. The molecule has 1 aliphatic rings. The van der Waals surface area contributed by atoms with Gasteiger partial charge in [-0.3, -0.25) is 0 Å². The van der Waals surface area contributed by atoms with Gasteiger partial charge in [0.25, 0.3) is 0 Å². The molecule has 1 aliphatic carbocycles. The van der Waals surface area contributed by atoms with Gasteiger partial charge in [0.1, 0.15) is 6.10 Å². The second-order valence-corrected chi connectivity index (χ2v) is 5.95. The van der Waals surface area contributed by atoms with E-state index in [9.17, 15) is 5.11 Å². The smallest absolute Gasteiger partial charge is 0.102 e. The van der Waals surface area contributed by atoms with Crippen molar-refractivity contribution in [1.82, 2.24) is 0 Å². The Labute approximate surface area is 123 Å². The molecule has 0 saturated heterocycles. The SMILES string of the molecule is CCCc1ccc(C(O)COC2CCCCCC2)cc1. The maximum absolute atomic E-state index is 10.2. The molecule has 1 aromatic carbocycles. The van der Waals surface area contributed by atoms with Gasteiger partial charge < -0.3 is 9.84 Å². The second kappa shape index (κ2) is 8.43. The van der Waals surface area contributed by atoms with Crippen LogP contribution in [0.4, 0.5) is 0 Å². The highest BCUT2D eigenvalue weighted by molar-refractivity contribution is 5.24. The van der Waals surface area contributed by atoms with Crippen molar-refractivity contribution in [3.8, 4) is 0 Å². The van der Waals surface area contributed by atoms with Crippen molar-refractivity contribution in [1.29, 1.82) is 0 Å². The fourth-order valence-electron chi connectivity index (χ4n) is 2.93. The number of benzene rings is 1. The van der Waals surface area contributed by atoms with Crippen LogP contribution in [0.3, 0.4) is 0 Å². The van der Waals surface area contributed by atoms with Crippen LogP contribution < -0.4 is 0 Å². The molecule has 1 N–H and O–H groups in total. The summed E-state index contributed by atoms with van der Waals surface area (Å²) in [7, 11) is 0. The van der Waals surface area contributed by atoms with E-state index in [0.717, 1.165) is 31.2 Å². The normalized spacial score (nSPS) is 18.7. The number of aliphatic hydroxyl groups excluding tert-OH is 1. The first-order valence-electron chi connectivity index (χ1n) is 8.18. The number of hydrogen-bond acceptors (Lipinski definition) is 2. The van der Waals surface area contributed by atoms with Crippen molar-refractivity contribution < 1.29 is 9.84 Å². The summed E-state index contributed by atoms with van der Waals surface area (Å²) in [6.07, 6.45) is 9.65. The van der Waals surface area contributed by atoms with Gasteiger partial charge in [-0.1, -0.05) is 63.3 Å². The molecule has 0 aliphatic heterocycles. The quantitative estimate of drug-likeness (QED) is 0.780. The van der Waals surface area contributed by atoms with Crippen molar-refractivity contribution in [2.24, 2.45) is 0 Å². The largest absolute Gasteiger partial charge is 0.386 e. The van der Waals surface area contributed by atoms with E-state index in [1.54, 1.807) is 0 Å². The fraction of sp³-hybridized carbons (Fsp3) is 0.667. The predicted octanol–water partition coefficient (Wildman–Crippen LogP) is 4.41. The van der Waals surface area contributed by atoms with Crippen LogP contribution in [0, 0.1) is 0 Å². The summed E-state index contributed by atoms with van der Waals surface area (Å²) in [4.78, 5) is 0. The standard InChI is InChI=1S/C18H28O2/c1-2-7-15-10-12-16(13-11-15)18(19)14-20-17-8-5-3-4-6-9-17/h10-13,17-19H,2-9,14H2,1H3. The van der Waals surface area contributed by atoms with Crippen molar-refractivity contribution in [2.75, 3.05) is 6.61 Å². The van der Waals surface area contributed by atoms with E-state index in [0.29, 0.717) is 12.7 Å². The van der Waals surface area contributed by atoms with Crippen LogP contribution in [0.25, 0.3) is 0 Å². The molecule has 1 saturated carbocycles. The molecule has 112 valence electrons. The predicted molar refractivity (Wildman–Crippen MR) is 82.8 cm³/mol. The van der Waals surface area contributed by atoms with Gasteiger partial charge in [0.2, 0.25) is 0 Å². The Morgan fingerprint density at radius 2 is 1.75 bits per heavy atom. The maximum atomic E-state index is 10.2. The van der Waals surface area contributed by atoms with E-state index in [-0.39, 0.29) is 0 Å². The molecule has 1 aromatic rings. The molecule has 0 aromatic heterocycles. The number of rotatable bonds is 6. The zero-order chi connectivity index (χ0) is 14.2. The zero-order valence-corrected chi connectivity index (χ0v) is 12.7. The molecule has 2 nitrogen and oxygen atoms in total. The molecule has 2 heteroatoms. The molecule has 1 atom stereocenters. The van der Waals surface area contributed by atoms with Gasteiger partial charge >= 0.3 is 0 Å². The molecule has 0 radical (unpaired) electrons. The molecule has 0 bridgehead atoms.